The molecule has 8 heteroatoms. The van der Waals surface area contributed by atoms with Crippen LogP contribution in [0.2, 0.25) is 10.0 Å². The molecule has 0 saturated heterocycles. The first-order valence-electron chi connectivity index (χ1n) is 9.28. The van der Waals surface area contributed by atoms with E-state index in [4.69, 9.17) is 27.9 Å². The van der Waals surface area contributed by atoms with E-state index in [1.807, 2.05) is 30.3 Å². The van der Waals surface area contributed by atoms with Crippen LogP contribution in [0.5, 0.6) is 0 Å². The number of hydrogen-bond donors (Lipinski definition) is 2. The molecule has 0 bridgehead atoms. The number of rotatable bonds is 7. The van der Waals surface area contributed by atoms with E-state index in [1.165, 1.54) is 6.07 Å². The predicted molar refractivity (Wildman–Crippen MR) is 121 cm³/mol. The molecule has 2 amide bonds. The molecule has 0 heterocycles. The molecule has 3 aromatic carbocycles. The number of ether oxygens (including phenoxy) is 1. The van der Waals surface area contributed by atoms with Crippen molar-refractivity contribution >= 4 is 52.4 Å². The van der Waals surface area contributed by atoms with Crippen molar-refractivity contribution < 1.29 is 19.1 Å². The fourth-order valence-electron chi connectivity index (χ4n) is 2.75. The average molecular weight is 457 g/mol. The zero-order valence-electron chi connectivity index (χ0n) is 16.2. The van der Waals surface area contributed by atoms with Gasteiger partial charge in [0.15, 0.2) is 6.61 Å². The lowest BCUT2D eigenvalue weighted by molar-refractivity contribution is -0.119. The van der Waals surface area contributed by atoms with Gasteiger partial charge in [0.2, 0.25) is 5.91 Å². The average Bonchev–Trinajstić information content (AvgIpc) is 2.76. The van der Waals surface area contributed by atoms with E-state index >= 15 is 0 Å². The Morgan fingerprint density at radius 2 is 1.39 bits per heavy atom. The highest BCUT2D eigenvalue weighted by molar-refractivity contribution is 6.39. The van der Waals surface area contributed by atoms with Crippen molar-refractivity contribution in [3.05, 3.63) is 94.0 Å². The first-order valence-corrected chi connectivity index (χ1v) is 10.0. The van der Waals surface area contributed by atoms with E-state index in [1.54, 1.807) is 36.4 Å². The molecular weight excluding hydrogens is 439 g/mol. The number of para-hydroxylation sites is 2. The van der Waals surface area contributed by atoms with Gasteiger partial charge in [0.1, 0.15) is 0 Å². The molecule has 0 aromatic heterocycles. The lowest BCUT2D eigenvalue weighted by Crippen LogP contribution is -2.22. The molecule has 0 atom stereocenters. The summed E-state index contributed by atoms with van der Waals surface area (Å²) in [5.41, 5.74) is 1.51. The summed E-state index contributed by atoms with van der Waals surface area (Å²) in [4.78, 5) is 37.0. The van der Waals surface area contributed by atoms with Crippen LogP contribution in [0.15, 0.2) is 72.8 Å². The maximum atomic E-state index is 12.5. The SMILES string of the molecule is O=C(Cc1ccccc1)Nc1ccccc1C(=O)OCC(=O)Nc1c(Cl)cccc1Cl. The van der Waals surface area contributed by atoms with Crippen molar-refractivity contribution in [2.45, 2.75) is 6.42 Å². The van der Waals surface area contributed by atoms with E-state index < -0.39 is 18.5 Å². The van der Waals surface area contributed by atoms with Crippen molar-refractivity contribution in [3.8, 4) is 0 Å². The Balaban J connectivity index is 1.60. The number of benzene rings is 3. The van der Waals surface area contributed by atoms with Crippen molar-refractivity contribution in [2.24, 2.45) is 0 Å². The maximum absolute atomic E-state index is 12.5. The minimum Gasteiger partial charge on any atom is -0.452 e. The van der Waals surface area contributed by atoms with Gasteiger partial charge in [-0.1, -0.05) is 71.7 Å². The maximum Gasteiger partial charge on any atom is 0.340 e. The quantitative estimate of drug-likeness (QED) is 0.491. The summed E-state index contributed by atoms with van der Waals surface area (Å²) in [6, 6.07) is 20.4. The van der Waals surface area contributed by atoms with Gasteiger partial charge in [0, 0.05) is 0 Å². The smallest absolute Gasteiger partial charge is 0.340 e. The number of hydrogen-bond acceptors (Lipinski definition) is 4. The summed E-state index contributed by atoms with van der Waals surface area (Å²) < 4.78 is 5.09. The second-order valence-electron chi connectivity index (χ2n) is 6.48. The molecule has 0 fully saturated rings. The van der Waals surface area contributed by atoms with Crippen LogP contribution in [0.1, 0.15) is 15.9 Å². The zero-order chi connectivity index (χ0) is 22.2. The summed E-state index contributed by atoms with van der Waals surface area (Å²) in [5.74, 6) is -1.64. The Morgan fingerprint density at radius 3 is 2.10 bits per heavy atom. The molecule has 3 rings (SSSR count). The Morgan fingerprint density at radius 1 is 0.742 bits per heavy atom. The van der Waals surface area contributed by atoms with Gasteiger partial charge in [-0.25, -0.2) is 4.79 Å². The van der Waals surface area contributed by atoms with Crippen molar-refractivity contribution in [1.29, 1.82) is 0 Å². The molecule has 6 nitrogen and oxygen atoms in total. The van der Waals surface area contributed by atoms with E-state index in [9.17, 15) is 14.4 Å². The summed E-state index contributed by atoms with van der Waals surface area (Å²) in [6.45, 7) is -0.549. The van der Waals surface area contributed by atoms with Crippen molar-refractivity contribution in [2.75, 3.05) is 17.2 Å². The van der Waals surface area contributed by atoms with Crippen LogP contribution < -0.4 is 10.6 Å². The standard InChI is InChI=1S/C23H18Cl2N2O4/c24-17-10-6-11-18(25)22(17)27-21(29)14-31-23(30)16-9-4-5-12-19(16)26-20(28)13-15-7-2-1-3-8-15/h1-12H,13-14H2,(H,26,28)(H,27,29). The third-order valence-corrected chi connectivity index (χ3v) is 4.82. The minimum atomic E-state index is -0.754. The van der Waals surface area contributed by atoms with Crippen LogP contribution in [-0.4, -0.2) is 24.4 Å². The fraction of sp³-hybridized carbons (Fsp3) is 0.0870. The summed E-state index contributed by atoms with van der Waals surface area (Å²) >= 11 is 12.0. The monoisotopic (exact) mass is 456 g/mol. The van der Waals surface area contributed by atoms with E-state index in [-0.39, 0.29) is 33.6 Å². The van der Waals surface area contributed by atoms with Gasteiger partial charge in [-0.05, 0) is 29.8 Å². The predicted octanol–water partition coefficient (Wildman–Crippen LogP) is 4.97. The van der Waals surface area contributed by atoms with Crippen LogP contribution >= 0.6 is 23.2 Å². The third-order valence-electron chi connectivity index (χ3n) is 4.19. The number of nitrogens with one attached hydrogen (secondary N) is 2. The Labute approximate surface area is 189 Å². The molecule has 3 aromatic rings. The zero-order valence-corrected chi connectivity index (χ0v) is 17.7. The first-order chi connectivity index (χ1) is 14.9. The van der Waals surface area contributed by atoms with Gasteiger partial charge in [-0.2, -0.15) is 0 Å². The van der Waals surface area contributed by atoms with Crippen LogP contribution in [0.25, 0.3) is 0 Å². The van der Waals surface area contributed by atoms with Gasteiger partial charge in [-0.3, -0.25) is 9.59 Å². The molecule has 0 aliphatic heterocycles. The van der Waals surface area contributed by atoms with E-state index in [2.05, 4.69) is 10.6 Å². The molecule has 0 saturated carbocycles. The lowest BCUT2D eigenvalue weighted by Gasteiger charge is -2.12. The molecule has 0 aliphatic rings. The molecule has 31 heavy (non-hydrogen) atoms. The number of carbonyl (C=O) groups excluding carboxylic acids is 3. The van der Waals surface area contributed by atoms with Crippen molar-refractivity contribution in [3.63, 3.8) is 0 Å². The number of esters is 1. The molecule has 0 spiro atoms. The first kappa shape index (κ1) is 22.3. The normalized spacial score (nSPS) is 10.3. The van der Waals surface area contributed by atoms with Gasteiger partial charge < -0.3 is 15.4 Å². The van der Waals surface area contributed by atoms with Crippen LogP contribution in [-0.2, 0) is 20.7 Å². The topological polar surface area (TPSA) is 84.5 Å². The molecule has 0 unspecified atom stereocenters. The summed E-state index contributed by atoms with van der Waals surface area (Å²) in [6.07, 6.45) is 0.158. The van der Waals surface area contributed by atoms with Gasteiger partial charge >= 0.3 is 5.97 Å². The highest BCUT2D eigenvalue weighted by atomic mass is 35.5. The van der Waals surface area contributed by atoms with E-state index in [0.717, 1.165) is 5.56 Å². The highest BCUT2D eigenvalue weighted by Gasteiger charge is 2.17. The van der Waals surface area contributed by atoms with Crippen molar-refractivity contribution in [1.82, 2.24) is 0 Å². The Kier molecular flexibility index (Phi) is 7.65. The lowest BCUT2D eigenvalue weighted by atomic mass is 10.1. The number of halogens is 2. The summed E-state index contributed by atoms with van der Waals surface area (Å²) in [7, 11) is 0. The van der Waals surface area contributed by atoms with E-state index in [0.29, 0.717) is 5.69 Å². The Hall–Kier alpha value is -3.35. The summed E-state index contributed by atoms with van der Waals surface area (Å²) in [5, 5.41) is 5.74. The fourth-order valence-corrected chi connectivity index (χ4v) is 3.24. The number of amides is 2. The Bertz CT molecular complexity index is 1080. The second-order valence-corrected chi connectivity index (χ2v) is 7.29. The largest absolute Gasteiger partial charge is 0.452 e. The molecule has 158 valence electrons. The molecule has 0 aliphatic carbocycles. The number of anilines is 2. The molecular formula is C23H18Cl2N2O4. The van der Waals surface area contributed by atoms with Crippen LogP contribution in [0, 0.1) is 0 Å². The number of carbonyl (C=O) groups is 3. The molecule has 0 radical (unpaired) electrons. The minimum absolute atomic E-state index is 0.132. The van der Waals surface area contributed by atoms with Gasteiger partial charge in [0.25, 0.3) is 5.91 Å². The van der Waals surface area contributed by atoms with Crippen LogP contribution in [0.3, 0.4) is 0 Å². The highest BCUT2D eigenvalue weighted by Crippen LogP contribution is 2.29. The van der Waals surface area contributed by atoms with Gasteiger partial charge in [0.05, 0.1) is 33.4 Å². The van der Waals surface area contributed by atoms with Gasteiger partial charge in [-0.15, -0.1) is 0 Å². The molecule has 2 N–H and O–H groups in total. The third kappa shape index (κ3) is 6.31. The second kappa shape index (κ2) is 10.6. The van der Waals surface area contributed by atoms with Crippen LogP contribution in [0.4, 0.5) is 11.4 Å².